The molecule has 172 valence electrons. The summed E-state index contributed by atoms with van der Waals surface area (Å²) in [5.41, 5.74) is -3.66. The number of hydrogen-bond acceptors (Lipinski definition) is 5. The second-order valence-electron chi connectivity index (χ2n) is 6.50. The molecule has 0 saturated carbocycles. The fraction of sp³-hybridized carbons (Fsp3) is 0.353. The van der Waals surface area contributed by atoms with Gasteiger partial charge >= 0.3 is 15.7 Å². The molecule has 0 atom stereocenters. The summed E-state index contributed by atoms with van der Waals surface area (Å²) in [6.45, 7) is 2.49. The Bertz CT molecular complexity index is 1170. The monoisotopic (exact) mass is 485 g/mol. The van der Waals surface area contributed by atoms with Gasteiger partial charge in [-0.15, -0.1) is 3.97 Å². The molecule has 0 unspecified atom stereocenters. The molecule has 3 rings (SSSR count). The summed E-state index contributed by atoms with van der Waals surface area (Å²) >= 11 is 0. The van der Waals surface area contributed by atoms with Gasteiger partial charge in [-0.2, -0.15) is 25.9 Å². The Morgan fingerprint density at radius 3 is 2.03 bits per heavy atom. The van der Waals surface area contributed by atoms with E-state index >= 15 is 0 Å². The maximum Gasteiger partial charge on any atom is 0.485 e. The van der Waals surface area contributed by atoms with E-state index in [2.05, 4.69) is 0 Å². The van der Waals surface area contributed by atoms with Gasteiger partial charge in [-0.05, 0) is 29.7 Å². The Morgan fingerprint density at radius 2 is 1.65 bits per heavy atom. The van der Waals surface area contributed by atoms with Crippen LogP contribution in [-0.2, 0) is 27.4 Å². The molecule has 0 radical (unpaired) electrons. The van der Waals surface area contributed by atoms with E-state index in [4.69, 9.17) is 13.0 Å². The smallest absolute Gasteiger partial charge is 0.485 e. The zero-order valence-corrected chi connectivity index (χ0v) is 18.0. The summed E-state index contributed by atoms with van der Waals surface area (Å²) in [7, 11) is -7.84. The lowest BCUT2D eigenvalue weighted by molar-refractivity contribution is -0.676. The van der Waals surface area contributed by atoms with Crippen LogP contribution in [0.15, 0.2) is 42.7 Å². The quantitative estimate of drug-likeness (QED) is 0.285. The summed E-state index contributed by atoms with van der Waals surface area (Å²) in [5.74, 6) is 0.378. The molecule has 0 N–H and O–H groups in total. The van der Waals surface area contributed by atoms with Gasteiger partial charge in [-0.25, -0.2) is 17.4 Å². The summed E-state index contributed by atoms with van der Waals surface area (Å²) in [6.07, 6.45) is 5.78. The lowest BCUT2D eigenvalue weighted by atomic mass is 10.0. The highest BCUT2D eigenvalue weighted by molar-refractivity contribution is 7.87. The standard InChI is InChI=1S/C16H19FN3O2S.CHF3O3S/c1-13-18(2)11-12-20(13)23(21,22)19-9-7-15(8-10-19)14-3-5-16(17)6-4-14;2-1(3,4)8(5,6)7/h3-7,11-12H,8-10H2,1-2H3;(H,5,6,7)/q+1;/p-1. The molecule has 1 aromatic heterocycles. The summed E-state index contributed by atoms with van der Waals surface area (Å²) in [6, 6.07) is 6.29. The average Bonchev–Trinajstić information content (AvgIpc) is 3.01. The van der Waals surface area contributed by atoms with Crippen molar-refractivity contribution in [1.82, 2.24) is 8.28 Å². The number of rotatable bonds is 3. The molecule has 0 spiro atoms. The molecule has 8 nitrogen and oxygen atoms in total. The van der Waals surface area contributed by atoms with Crippen molar-refractivity contribution in [3.8, 4) is 0 Å². The van der Waals surface area contributed by atoms with Crippen LogP contribution in [0.1, 0.15) is 17.8 Å². The molecule has 0 bridgehead atoms. The second-order valence-corrected chi connectivity index (χ2v) is 9.68. The van der Waals surface area contributed by atoms with Gasteiger partial charge in [0.15, 0.2) is 10.1 Å². The van der Waals surface area contributed by atoms with Crippen LogP contribution in [-0.4, -0.2) is 48.3 Å². The SMILES string of the molecule is Cc1n(S(=O)(=O)N2CC=C(c3ccc(F)cc3)CC2)cc[n+]1C.O=S(=O)([O-])C(F)(F)F. The Labute approximate surface area is 177 Å². The molecule has 31 heavy (non-hydrogen) atoms. The highest BCUT2D eigenvalue weighted by Gasteiger charge is 2.37. The number of aryl methyl sites for hydroxylation is 1. The lowest BCUT2D eigenvalue weighted by Gasteiger charge is -2.24. The van der Waals surface area contributed by atoms with Crippen molar-refractivity contribution in [3.63, 3.8) is 0 Å². The minimum Gasteiger partial charge on any atom is -0.741 e. The third-order valence-electron chi connectivity index (χ3n) is 4.50. The van der Waals surface area contributed by atoms with Gasteiger partial charge in [-0.1, -0.05) is 18.2 Å². The van der Waals surface area contributed by atoms with Crippen LogP contribution in [0.4, 0.5) is 17.6 Å². The van der Waals surface area contributed by atoms with Gasteiger partial charge in [-0.3, -0.25) is 0 Å². The van der Waals surface area contributed by atoms with Gasteiger partial charge in [0.25, 0.3) is 5.82 Å². The molecular formula is C17H19F4N3O5S2. The predicted molar refractivity (Wildman–Crippen MR) is 101 cm³/mol. The maximum atomic E-state index is 13.0. The number of aromatic nitrogens is 2. The van der Waals surface area contributed by atoms with E-state index in [9.17, 15) is 26.0 Å². The molecule has 2 aromatic rings. The highest BCUT2D eigenvalue weighted by atomic mass is 32.2. The van der Waals surface area contributed by atoms with Crippen molar-refractivity contribution in [1.29, 1.82) is 0 Å². The van der Waals surface area contributed by atoms with E-state index < -0.39 is 25.8 Å². The number of benzene rings is 1. The molecular weight excluding hydrogens is 466 g/mol. The number of alkyl halides is 3. The van der Waals surface area contributed by atoms with Crippen molar-refractivity contribution >= 4 is 25.9 Å². The van der Waals surface area contributed by atoms with Crippen LogP contribution < -0.4 is 4.57 Å². The molecule has 2 heterocycles. The van der Waals surface area contributed by atoms with Gasteiger partial charge in [0.05, 0.1) is 7.05 Å². The number of hydrogen-bond donors (Lipinski definition) is 0. The fourth-order valence-corrected chi connectivity index (χ4v) is 4.19. The zero-order chi connectivity index (χ0) is 23.6. The number of imidazole rings is 1. The first kappa shape index (κ1) is 25.0. The third kappa shape index (κ3) is 5.90. The predicted octanol–water partition coefficient (Wildman–Crippen LogP) is 1.69. The summed E-state index contributed by atoms with van der Waals surface area (Å²) in [4.78, 5) is 0. The van der Waals surface area contributed by atoms with Crippen LogP contribution in [0.25, 0.3) is 5.57 Å². The van der Waals surface area contributed by atoms with Crippen molar-refractivity contribution in [2.75, 3.05) is 13.1 Å². The fourth-order valence-electron chi connectivity index (χ4n) is 2.69. The van der Waals surface area contributed by atoms with Crippen molar-refractivity contribution in [2.45, 2.75) is 18.9 Å². The number of nitrogens with zero attached hydrogens (tertiary/aromatic N) is 3. The Morgan fingerprint density at radius 1 is 1.10 bits per heavy atom. The Balaban J connectivity index is 0.000000366. The van der Waals surface area contributed by atoms with Crippen molar-refractivity contribution in [2.24, 2.45) is 7.05 Å². The summed E-state index contributed by atoms with van der Waals surface area (Å²) < 4.78 is 102. The van der Waals surface area contributed by atoms with Crippen molar-refractivity contribution in [3.05, 3.63) is 59.9 Å². The first-order chi connectivity index (χ1) is 14.1. The van der Waals surface area contributed by atoms with Crippen LogP contribution in [0, 0.1) is 12.7 Å². The van der Waals surface area contributed by atoms with Crippen LogP contribution in [0.5, 0.6) is 0 Å². The van der Waals surface area contributed by atoms with Crippen LogP contribution >= 0.6 is 0 Å². The van der Waals surface area contributed by atoms with Gasteiger partial charge in [0.1, 0.15) is 18.2 Å². The normalized spacial score (nSPS) is 15.8. The van der Waals surface area contributed by atoms with Crippen molar-refractivity contribution < 1.29 is 43.5 Å². The second kappa shape index (κ2) is 9.06. The molecule has 0 saturated heterocycles. The minimum absolute atomic E-state index is 0.273. The van der Waals surface area contributed by atoms with E-state index in [0.29, 0.717) is 25.3 Å². The topological polar surface area (TPSA) is 103 Å². The lowest BCUT2D eigenvalue weighted by Crippen LogP contribution is -2.40. The minimum atomic E-state index is -6.09. The molecule has 1 aliphatic heterocycles. The van der Waals surface area contributed by atoms with Crippen LogP contribution in [0.2, 0.25) is 0 Å². The van der Waals surface area contributed by atoms with Gasteiger partial charge in [0.2, 0.25) is 0 Å². The van der Waals surface area contributed by atoms with E-state index in [1.165, 1.54) is 20.4 Å². The van der Waals surface area contributed by atoms with Gasteiger partial charge in [0, 0.05) is 20.0 Å². The highest BCUT2D eigenvalue weighted by Crippen LogP contribution is 2.24. The molecule has 0 amide bonds. The van der Waals surface area contributed by atoms with Gasteiger partial charge < -0.3 is 4.55 Å². The first-order valence-electron chi connectivity index (χ1n) is 8.66. The Hall–Kier alpha value is -2.29. The van der Waals surface area contributed by atoms with E-state index in [-0.39, 0.29) is 5.82 Å². The van der Waals surface area contributed by atoms with Crippen LogP contribution in [0.3, 0.4) is 0 Å². The molecule has 14 heteroatoms. The largest absolute Gasteiger partial charge is 0.741 e. The third-order valence-corrected chi connectivity index (χ3v) is 6.93. The van der Waals surface area contributed by atoms with E-state index in [0.717, 1.165) is 11.1 Å². The van der Waals surface area contributed by atoms with E-state index in [1.54, 1.807) is 36.0 Å². The van der Waals surface area contributed by atoms with E-state index in [1.807, 2.05) is 13.1 Å². The zero-order valence-electron chi connectivity index (χ0n) is 16.4. The molecule has 0 fully saturated rings. The Kier molecular flexibility index (Phi) is 7.30. The molecule has 0 aliphatic carbocycles. The number of halogens is 4. The summed E-state index contributed by atoms with van der Waals surface area (Å²) in [5, 5.41) is 0. The average molecular weight is 485 g/mol. The first-order valence-corrected chi connectivity index (χ1v) is 11.5. The maximum absolute atomic E-state index is 13.0. The molecule has 1 aliphatic rings. The molecule has 1 aromatic carbocycles.